The van der Waals surface area contributed by atoms with Crippen LogP contribution in [-0.4, -0.2) is 31.3 Å². The van der Waals surface area contributed by atoms with Crippen LogP contribution in [0, 0.1) is 0 Å². The van der Waals surface area contributed by atoms with Gasteiger partial charge in [0, 0.05) is 12.2 Å². The maximum atomic E-state index is 12.0. The third-order valence-corrected chi connectivity index (χ3v) is 3.29. The fraction of sp³-hybridized carbons (Fsp3) is 0.500. The smallest absolute Gasteiger partial charge is 0.379 e. The van der Waals surface area contributed by atoms with E-state index >= 15 is 0 Å². The topological polar surface area (TPSA) is 61.8 Å². The summed E-state index contributed by atoms with van der Waals surface area (Å²) in [6.07, 6.45) is 2.75. The quantitative estimate of drug-likeness (QED) is 0.458. The van der Waals surface area contributed by atoms with Crippen molar-refractivity contribution in [2.75, 3.05) is 13.2 Å². The summed E-state index contributed by atoms with van der Waals surface area (Å²) in [6.45, 7) is 2.79. The van der Waals surface area contributed by atoms with Gasteiger partial charge in [-0.25, -0.2) is 4.79 Å². The zero-order valence-corrected chi connectivity index (χ0v) is 12.2. The maximum absolute atomic E-state index is 12.0. The van der Waals surface area contributed by atoms with Gasteiger partial charge in [-0.1, -0.05) is 24.3 Å². The van der Waals surface area contributed by atoms with Gasteiger partial charge in [-0.2, -0.15) is 0 Å². The monoisotopic (exact) mass is 292 g/mol. The van der Waals surface area contributed by atoms with Crippen LogP contribution in [-0.2, 0) is 25.6 Å². The van der Waals surface area contributed by atoms with Crippen molar-refractivity contribution < 1.29 is 23.8 Å². The molecule has 0 bridgehead atoms. The first kappa shape index (κ1) is 15.7. The van der Waals surface area contributed by atoms with Gasteiger partial charge in [0.1, 0.15) is 0 Å². The number of carbonyl (C=O) groups excluding carboxylic acids is 2. The average Bonchev–Trinajstić information content (AvgIpc) is 2.54. The second-order valence-electron chi connectivity index (χ2n) is 4.81. The Morgan fingerprint density at radius 1 is 1.29 bits per heavy atom. The van der Waals surface area contributed by atoms with Crippen LogP contribution < -0.4 is 0 Å². The predicted molar refractivity (Wildman–Crippen MR) is 75.8 cm³/mol. The Labute approximate surface area is 124 Å². The molecule has 0 amide bonds. The van der Waals surface area contributed by atoms with Gasteiger partial charge in [0.15, 0.2) is 6.29 Å². The zero-order chi connectivity index (χ0) is 15.1. The first-order chi connectivity index (χ1) is 10.2. The van der Waals surface area contributed by atoms with E-state index in [4.69, 9.17) is 14.2 Å². The second-order valence-corrected chi connectivity index (χ2v) is 4.81. The lowest BCUT2D eigenvalue weighted by molar-refractivity contribution is -0.168. The Hall–Kier alpha value is -1.72. The fourth-order valence-electron chi connectivity index (χ4n) is 2.20. The number of hydrogen-bond acceptors (Lipinski definition) is 5. The number of hydrogen-bond donors (Lipinski definition) is 0. The molecule has 21 heavy (non-hydrogen) atoms. The Kier molecular flexibility index (Phi) is 5.90. The molecular formula is C16H20O5. The summed E-state index contributed by atoms with van der Waals surface area (Å²) >= 11 is 0. The van der Waals surface area contributed by atoms with Crippen molar-refractivity contribution in [2.45, 2.75) is 39.1 Å². The molecule has 2 rings (SSSR count). The number of Topliss-reactive ketones (excluding diaryl/α,β-unsaturated/α-hetero) is 1. The van der Waals surface area contributed by atoms with E-state index in [1.54, 1.807) is 25.1 Å². The summed E-state index contributed by atoms with van der Waals surface area (Å²) in [7, 11) is 0. The molecule has 1 unspecified atom stereocenters. The molecule has 0 saturated carbocycles. The van der Waals surface area contributed by atoms with Gasteiger partial charge in [0.05, 0.1) is 13.2 Å². The highest BCUT2D eigenvalue weighted by Gasteiger charge is 2.21. The van der Waals surface area contributed by atoms with E-state index in [0.29, 0.717) is 17.7 Å². The summed E-state index contributed by atoms with van der Waals surface area (Å²) in [5.74, 6) is -1.47. The molecule has 1 saturated heterocycles. The molecule has 1 fully saturated rings. The third kappa shape index (κ3) is 4.37. The highest BCUT2D eigenvalue weighted by atomic mass is 16.7. The van der Waals surface area contributed by atoms with E-state index < -0.39 is 11.8 Å². The summed E-state index contributed by atoms with van der Waals surface area (Å²) in [5, 5.41) is 0. The lowest BCUT2D eigenvalue weighted by atomic mass is 10.0. The molecule has 0 N–H and O–H groups in total. The highest BCUT2D eigenvalue weighted by molar-refractivity contribution is 6.41. The lowest BCUT2D eigenvalue weighted by Crippen LogP contribution is -2.23. The van der Waals surface area contributed by atoms with Crippen LogP contribution in [0.1, 0.15) is 42.1 Å². The summed E-state index contributed by atoms with van der Waals surface area (Å²) in [5.41, 5.74) is 0.997. The Bertz CT molecular complexity index is 491. The minimum Gasteiger partial charge on any atom is -0.460 e. The van der Waals surface area contributed by atoms with E-state index in [9.17, 15) is 9.59 Å². The van der Waals surface area contributed by atoms with Crippen LogP contribution in [0.2, 0.25) is 0 Å². The average molecular weight is 292 g/mol. The van der Waals surface area contributed by atoms with Gasteiger partial charge in [-0.3, -0.25) is 4.79 Å². The van der Waals surface area contributed by atoms with Crippen LogP contribution in [0.4, 0.5) is 0 Å². The van der Waals surface area contributed by atoms with E-state index in [-0.39, 0.29) is 19.5 Å². The minimum absolute atomic E-state index is 0.180. The molecule has 0 aliphatic carbocycles. The van der Waals surface area contributed by atoms with Crippen molar-refractivity contribution in [3.05, 3.63) is 35.4 Å². The number of esters is 1. The molecule has 1 aromatic carbocycles. The van der Waals surface area contributed by atoms with E-state index in [1.165, 1.54) is 0 Å². The molecule has 114 valence electrons. The lowest BCUT2D eigenvalue weighted by Gasteiger charge is -2.23. The molecule has 1 aliphatic heterocycles. The van der Waals surface area contributed by atoms with Crippen molar-refractivity contribution in [2.24, 2.45) is 0 Å². The van der Waals surface area contributed by atoms with Gasteiger partial charge >= 0.3 is 5.97 Å². The molecule has 0 radical (unpaired) electrons. The Morgan fingerprint density at radius 3 is 2.81 bits per heavy atom. The van der Waals surface area contributed by atoms with Crippen molar-refractivity contribution >= 4 is 11.8 Å². The molecular weight excluding hydrogens is 272 g/mol. The van der Waals surface area contributed by atoms with Crippen LogP contribution in [0.25, 0.3) is 0 Å². The largest absolute Gasteiger partial charge is 0.460 e. The van der Waals surface area contributed by atoms with Crippen molar-refractivity contribution in [1.29, 1.82) is 0 Å². The van der Waals surface area contributed by atoms with Crippen LogP contribution >= 0.6 is 0 Å². The predicted octanol–water partition coefficient (Wildman–Crippen LogP) is 2.48. The summed E-state index contributed by atoms with van der Waals surface area (Å²) in [6, 6.07) is 6.91. The van der Waals surface area contributed by atoms with Crippen molar-refractivity contribution in [3.63, 3.8) is 0 Å². The molecule has 5 nitrogen and oxygen atoms in total. The van der Waals surface area contributed by atoms with Crippen LogP contribution in [0.15, 0.2) is 24.3 Å². The number of ether oxygens (including phenoxy) is 3. The Balaban J connectivity index is 2.02. The van der Waals surface area contributed by atoms with E-state index in [1.807, 2.05) is 6.07 Å². The van der Waals surface area contributed by atoms with Crippen LogP contribution in [0.5, 0.6) is 0 Å². The van der Waals surface area contributed by atoms with E-state index in [2.05, 4.69) is 0 Å². The van der Waals surface area contributed by atoms with Crippen LogP contribution in [0.3, 0.4) is 0 Å². The molecule has 5 heteroatoms. The third-order valence-electron chi connectivity index (χ3n) is 3.29. The summed E-state index contributed by atoms with van der Waals surface area (Å²) in [4.78, 5) is 23.6. The highest BCUT2D eigenvalue weighted by Crippen LogP contribution is 2.18. The number of rotatable bonds is 6. The zero-order valence-electron chi connectivity index (χ0n) is 12.2. The summed E-state index contributed by atoms with van der Waals surface area (Å²) < 4.78 is 15.9. The molecule has 0 spiro atoms. The molecule has 1 aromatic rings. The van der Waals surface area contributed by atoms with Gasteiger partial charge in [0.25, 0.3) is 5.78 Å². The standard InChI is InChI=1S/C16H20O5/c1-2-19-16(18)15(17)13-8-4-3-7-12(13)11-21-14-9-5-6-10-20-14/h3-4,7-8,14H,2,5-6,9-11H2,1H3. The Morgan fingerprint density at radius 2 is 2.10 bits per heavy atom. The van der Waals surface area contributed by atoms with Gasteiger partial charge in [-0.15, -0.1) is 0 Å². The fourth-order valence-corrected chi connectivity index (χ4v) is 2.20. The number of ketones is 1. The number of carbonyl (C=O) groups is 2. The van der Waals surface area contributed by atoms with Gasteiger partial charge in [0.2, 0.25) is 0 Å². The van der Waals surface area contributed by atoms with Gasteiger partial charge in [-0.05, 0) is 31.7 Å². The first-order valence-corrected chi connectivity index (χ1v) is 7.25. The molecule has 1 aliphatic rings. The van der Waals surface area contributed by atoms with Gasteiger partial charge < -0.3 is 14.2 Å². The second kappa shape index (κ2) is 7.90. The normalized spacial score (nSPS) is 18.2. The van der Waals surface area contributed by atoms with E-state index in [0.717, 1.165) is 19.3 Å². The van der Waals surface area contributed by atoms with Crippen molar-refractivity contribution in [3.8, 4) is 0 Å². The maximum Gasteiger partial charge on any atom is 0.379 e. The molecule has 1 atom stereocenters. The first-order valence-electron chi connectivity index (χ1n) is 7.25. The SMILES string of the molecule is CCOC(=O)C(=O)c1ccccc1COC1CCCCO1. The molecule has 1 heterocycles. The number of benzene rings is 1. The molecule has 0 aromatic heterocycles. The minimum atomic E-state index is -0.834. The van der Waals surface area contributed by atoms with Crippen molar-refractivity contribution in [1.82, 2.24) is 0 Å².